The molecule has 0 aliphatic rings. The van der Waals surface area contributed by atoms with Crippen molar-refractivity contribution in [2.75, 3.05) is 0 Å². The highest BCUT2D eigenvalue weighted by Gasteiger charge is 2.37. The predicted molar refractivity (Wildman–Crippen MR) is 51.5 cm³/mol. The Morgan fingerprint density at radius 3 is 2.31 bits per heavy atom. The van der Waals surface area contributed by atoms with Crippen LogP contribution in [0.15, 0.2) is 10.7 Å². The van der Waals surface area contributed by atoms with Gasteiger partial charge in [0.2, 0.25) is 0 Å². The molecular formula is C8H4BrClF5N. The summed E-state index contributed by atoms with van der Waals surface area (Å²) in [5.41, 5.74) is -2.74. The van der Waals surface area contributed by atoms with Gasteiger partial charge < -0.3 is 0 Å². The van der Waals surface area contributed by atoms with Gasteiger partial charge in [-0.05, 0) is 22.0 Å². The minimum atomic E-state index is -4.87. The van der Waals surface area contributed by atoms with Gasteiger partial charge in [-0.25, -0.2) is 13.8 Å². The molecule has 90 valence electrons. The van der Waals surface area contributed by atoms with Gasteiger partial charge in [0.25, 0.3) is 6.43 Å². The molecular weight excluding hydrogens is 320 g/mol. The fourth-order valence-electron chi connectivity index (χ4n) is 1.03. The first kappa shape index (κ1) is 13.6. The zero-order valence-corrected chi connectivity index (χ0v) is 9.80. The number of pyridine rings is 1. The molecule has 1 nitrogen and oxygen atoms in total. The molecule has 0 bridgehead atoms. The van der Waals surface area contributed by atoms with Crippen LogP contribution >= 0.6 is 27.5 Å². The molecule has 0 amide bonds. The van der Waals surface area contributed by atoms with E-state index in [4.69, 9.17) is 11.6 Å². The summed E-state index contributed by atoms with van der Waals surface area (Å²) >= 11 is 8.14. The van der Waals surface area contributed by atoms with E-state index in [1.165, 1.54) is 0 Å². The van der Waals surface area contributed by atoms with E-state index in [-0.39, 0.29) is 16.0 Å². The van der Waals surface area contributed by atoms with Crippen molar-refractivity contribution in [3.63, 3.8) is 0 Å². The minimum Gasteiger partial charge on any atom is -0.239 e. The lowest BCUT2D eigenvalue weighted by Crippen LogP contribution is -2.12. The summed E-state index contributed by atoms with van der Waals surface area (Å²) in [4.78, 5) is 3.17. The average Bonchev–Trinajstić information content (AvgIpc) is 2.15. The molecule has 1 rings (SSSR count). The third kappa shape index (κ3) is 2.82. The lowest BCUT2D eigenvalue weighted by Gasteiger charge is -2.13. The molecule has 0 N–H and O–H groups in total. The molecule has 0 unspecified atom stereocenters. The zero-order chi connectivity index (χ0) is 12.5. The van der Waals surface area contributed by atoms with Crippen molar-refractivity contribution in [2.24, 2.45) is 0 Å². The first-order valence-corrected chi connectivity index (χ1v) is 5.20. The maximum absolute atomic E-state index is 12.4. The zero-order valence-electron chi connectivity index (χ0n) is 7.45. The Kier molecular flexibility index (Phi) is 4.12. The summed E-state index contributed by atoms with van der Waals surface area (Å²) < 4.78 is 61.9. The van der Waals surface area contributed by atoms with Gasteiger partial charge in [0.05, 0.1) is 11.4 Å². The van der Waals surface area contributed by atoms with Crippen LogP contribution in [0.4, 0.5) is 22.0 Å². The smallest absolute Gasteiger partial charge is 0.239 e. The van der Waals surface area contributed by atoms with Crippen LogP contribution in [0.5, 0.6) is 0 Å². The standard InChI is InChI=1S/C8H4BrClF5N/c9-6-3(2-10)1-4(8(13,14)15)5(16-6)7(11)12/h1,7H,2H2. The van der Waals surface area contributed by atoms with Gasteiger partial charge in [0, 0.05) is 5.56 Å². The van der Waals surface area contributed by atoms with E-state index >= 15 is 0 Å². The summed E-state index contributed by atoms with van der Waals surface area (Å²) in [5, 5.41) is 0. The minimum absolute atomic E-state index is 0.0124. The van der Waals surface area contributed by atoms with Crippen LogP contribution in [-0.4, -0.2) is 4.98 Å². The van der Waals surface area contributed by atoms with Crippen molar-refractivity contribution in [2.45, 2.75) is 18.5 Å². The van der Waals surface area contributed by atoms with Gasteiger partial charge >= 0.3 is 6.18 Å². The van der Waals surface area contributed by atoms with Crippen molar-refractivity contribution in [1.29, 1.82) is 0 Å². The number of hydrogen-bond donors (Lipinski definition) is 0. The third-order valence-electron chi connectivity index (χ3n) is 1.73. The monoisotopic (exact) mass is 323 g/mol. The van der Waals surface area contributed by atoms with Crippen LogP contribution in [0.3, 0.4) is 0 Å². The average molecular weight is 324 g/mol. The lowest BCUT2D eigenvalue weighted by atomic mass is 10.1. The summed E-state index contributed by atoms with van der Waals surface area (Å²) in [6.45, 7) is 0. The maximum Gasteiger partial charge on any atom is 0.418 e. The van der Waals surface area contributed by atoms with Crippen LogP contribution in [0.2, 0.25) is 0 Å². The number of halogens is 7. The number of alkyl halides is 6. The van der Waals surface area contributed by atoms with Gasteiger partial charge in [-0.15, -0.1) is 11.6 Å². The second kappa shape index (κ2) is 4.83. The summed E-state index contributed by atoms with van der Waals surface area (Å²) in [6, 6.07) is 0.575. The highest BCUT2D eigenvalue weighted by molar-refractivity contribution is 9.10. The fourth-order valence-corrected chi connectivity index (χ4v) is 1.84. The molecule has 0 fully saturated rings. The molecule has 0 aliphatic carbocycles. The normalized spacial score (nSPS) is 12.2. The highest BCUT2D eigenvalue weighted by Crippen LogP contribution is 2.37. The molecule has 0 aromatic carbocycles. The molecule has 0 saturated heterocycles. The Bertz CT molecular complexity index is 393. The summed E-state index contributed by atoms with van der Waals surface area (Å²) in [5.74, 6) is -0.250. The Morgan fingerprint density at radius 1 is 1.38 bits per heavy atom. The first-order valence-electron chi connectivity index (χ1n) is 3.88. The molecule has 8 heteroatoms. The van der Waals surface area contributed by atoms with Gasteiger partial charge in [-0.3, -0.25) is 0 Å². The molecule has 16 heavy (non-hydrogen) atoms. The lowest BCUT2D eigenvalue weighted by molar-refractivity contribution is -0.140. The van der Waals surface area contributed by atoms with Crippen molar-refractivity contribution in [1.82, 2.24) is 4.98 Å². The highest BCUT2D eigenvalue weighted by atomic mass is 79.9. The third-order valence-corrected chi connectivity index (χ3v) is 2.71. The van der Waals surface area contributed by atoms with Crippen molar-refractivity contribution >= 4 is 27.5 Å². The van der Waals surface area contributed by atoms with E-state index < -0.39 is 23.9 Å². The summed E-state index contributed by atoms with van der Waals surface area (Å²) in [7, 11) is 0. The van der Waals surface area contributed by atoms with Crippen LogP contribution < -0.4 is 0 Å². The van der Waals surface area contributed by atoms with E-state index in [1.807, 2.05) is 0 Å². The Labute approximate surface area is 101 Å². The second-order valence-corrected chi connectivity index (χ2v) is 3.82. The number of aromatic nitrogens is 1. The van der Waals surface area contributed by atoms with Gasteiger partial charge in [0.15, 0.2) is 0 Å². The van der Waals surface area contributed by atoms with Crippen LogP contribution in [0.1, 0.15) is 23.2 Å². The molecule has 0 radical (unpaired) electrons. The molecule has 0 spiro atoms. The Morgan fingerprint density at radius 2 is 1.94 bits per heavy atom. The first-order chi connectivity index (χ1) is 7.27. The van der Waals surface area contributed by atoms with Gasteiger partial charge in [-0.2, -0.15) is 13.2 Å². The number of rotatable bonds is 2. The maximum atomic E-state index is 12.4. The number of nitrogens with zero attached hydrogens (tertiary/aromatic N) is 1. The van der Waals surface area contributed by atoms with Crippen molar-refractivity contribution in [3.05, 3.63) is 27.5 Å². The molecule has 1 aromatic rings. The van der Waals surface area contributed by atoms with Crippen LogP contribution in [0, 0.1) is 0 Å². The number of hydrogen-bond acceptors (Lipinski definition) is 1. The quantitative estimate of drug-likeness (QED) is 0.442. The molecule has 0 aliphatic heterocycles. The SMILES string of the molecule is FC(F)c1nc(Br)c(CCl)cc1C(F)(F)F. The molecule has 0 saturated carbocycles. The van der Waals surface area contributed by atoms with Crippen molar-refractivity contribution in [3.8, 4) is 0 Å². The van der Waals surface area contributed by atoms with E-state index in [0.717, 1.165) is 0 Å². The molecule has 1 heterocycles. The van der Waals surface area contributed by atoms with Crippen molar-refractivity contribution < 1.29 is 22.0 Å². The topological polar surface area (TPSA) is 12.9 Å². The van der Waals surface area contributed by atoms with E-state index in [2.05, 4.69) is 20.9 Å². The Hall–Kier alpha value is -0.430. The predicted octanol–water partition coefficient (Wildman–Crippen LogP) is 4.54. The molecule has 1 aromatic heterocycles. The Balaban J connectivity index is 3.43. The summed E-state index contributed by atoms with van der Waals surface area (Å²) in [6.07, 6.45) is -8.17. The van der Waals surface area contributed by atoms with E-state index in [1.54, 1.807) is 0 Å². The fraction of sp³-hybridized carbons (Fsp3) is 0.375. The van der Waals surface area contributed by atoms with Gasteiger partial charge in [-0.1, -0.05) is 0 Å². The molecule has 0 atom stereocenters. The largest absolute Gasteiger partial charge is 0.418 e. The van der Waals surface area contributed by atoms with Gasteiger partial charge in [0.1, 0.15) is 10.3 Å². The van der Waals surface area contributed by atoms with E-state index in [0.29, 0.717) is 6.07 Å². The van der Waals surface area contributed by atoms with Crippen LogP contribution in [0.25, 0.3) is 0 Å². The second-order valence-electron chi connectivity index (χ2n) is 2.80. The van der Waals surface area contributed by atoms with Crippen LogP contribution in [-0.2, 0) is 12.1 Å². The van der Waals surface area contributed by atoms with E-state index in [9.17, 15) is 22.0 Å².